The van der Waals surface area contributed by atoms with Crippen molar-refractivity contribution in [1.82, 2.24) is 10.6 Å². The molecular weight excluding hydrogens is 318 g/mol. The van der Waals surface area contributed by atoms with E-state index in [9.17, 15) is 9.59 Å². The quantitative estimate of drug-likeness (QED) is 0.592. The summed E-state index contributed by atoms with van der Waals surface area (Å²) in [6, 6.07) is 7.07. The minimum Gasteiger partial charge on any atom is -0.493 e. The van der Waals surface area contributed by atoms with Crippen LogP contribution in [0.15, 0.2) is 24.3 Å². The highest BCUT2D eigenvalue weighted by molar-refractivity contribution is 5.96. The lowest BCUT2D eigenvalue weighted by Crippen LogP contribution is -2.38. The lowest BCUT2D eigenvalue weighted by molar-refractivity contribution is -0.121. The summed E-state index contributed by atoms with van der Waals surface area (Å²) >= 11 is 0. The molecule has 0 aliphatic heterocycles. The van der Waals surface area contributed by atoms with Crippen LogP contribution in [0.4, 0.5) is 0 Å². The topological polar surface area (TPSA) is 93.4 Å². The molecule has 0 saturated carbocycles. The van der Waals surface area contributed by atoms with Crippen LogP contribution in [0.25, 0.3) is 0 Å². The molecule has 0 aromatic heterocycles. The number of carbonyl (C=O) groups is 2. The van der Waals surface area contributed by atoms with Crippen molar-refractivity contribution in [2.75, 3.05) is 19.7 Å². The van der Waals surface area contributed by atoms with Crippen molar-refractivity contribution >= 4 is 24.2 Å². The number of halogens is 1. The van der Waals surface area contributed by atoms with Crippen LogP contribution in [0.3, 0.4) is 0 Å². The van der Waals surface area contributed by atoms with Gasteiger partial charge in [0.15, 0.2) is 0 Å². The summed E-state index contributed by atoms with van der Waals surface area (Å²) < 4.78 is 5.42. The zero-order chi connectivity index (χ0) is 16.4. The molecular formula is C16H26ClN3O3. The maximum Gasteiger partial charge on any atom is 0.255 e. The molecule has 1 rings (SSSR count). The van der Waals surface area contributed by atoms with Gasteiger partial charge in [-0.3, -0.25) is 9.59 Å². The molecule has 130 valence electrons. The van der Waals surface area contributed by atoms with E-state index in [0.29, 0.717) is 43.9 Å². The molecule has 1 aromatic carbocycles. The van der Waals surface area contributed by atoms with Gasteiger partial charge in [-0.1, -0.05) is 12.1 Å². The molecule has 7 heteroatoms. The van der Waals surface area contributed by atoms with Gasteiger partial charge in [-0.2, -0.15) is 0 Å². The third-order valence-corrected chi connectivity index (χ3v) is 3.06. The largest absolute Gasteiger partial charge is 0.493 e. The third kappa shape index (κ3) is 7.85. The van der Waals surface area contributed by atoms with E-state index in [1.807, 2.05) is 19.9 Å². The van der Waals surface area contributed by atoms with Crippen molar-refractivity contribution in [2.24, 2.45) is 5.73 Å². The predicted octanol–water partition coefficient (Wildman–Crippen LogP) is 1.48. The summed E-state index contributed by atoms with van der Waals surface area (Å²) in [7, 11) is 0. The number of ether oxygens (including phenoxy) is 1. The van der Waals surface area contributed by atoms with Gasteiger partial charge in [0.1, 0.15) is 5.75 Å². The summed E-state index contributed by atoms with van der Waals surface area (Å²) in [5.41, 5.74) is 5.94. The molecule has 2 amide bonds. The number of amides is 2. The van der Waals surface area contributed by atoms with E-state index in [2.05, 4.69) is 10.6 Å². The van der Waals surface area contributed by atoms with E-state index < -0.39 is 0 Å². The fourth-order valence-corrected chi connectivity index (χ4v) is 1.89. The summed E-state index contributed by atoms with van der Waals surface area (Å²) in [6.45, 7) is 5.07. The highest BCUT2D eigenvalue weighted by atomic mass is 35.5. The molecule has 0 bridgehead atoms. The first-order valence-corrected chi connectivity index (χ1v) is 7.58. The summed E-state index contributed by atoms with van der Waals surface area (Å²) in [5.74, 6) is 0.318. The molecule has 1 aromatic rings. The van der Waals surface area contributed by atoms with Gasteiger partial charge >= 0.3 is 0 Å². The minimum atomic E-state index is -0.195. The molecule has 0 spiro atoms. The van der Waals surface area contributed by atoms with Crippen LogP contribution < -0.4 is 21.1 Å². The van der Waals surface area contributed by atoms with Crippen molar-refractivity contribution in [1.29, 1.82) is 0 Å². The summed E-state index contributed by atoms with van der Waals surface area (Å²) in [6.07, 6.45) is 0.934. The van der Waals surface area contributed by atoms with Gasteiger partial charge < -0.3 is 21.1 Å². The number of nitrogens with one attached hydrogen (secondary N) is 2. The Morgan fingerprint density at radius 1 is 1.30 bits per heavy atom. The first kappa shape index (κ1) is 21.2. The second kappa shape index (κ2) is 11.7. The number of nitrogens with two attached hydrogens (primary N) is 1. The van der Waals surface area contributed by atoms with Crippen LogP contribution in [0.1, 0.15) is 37.0 Å². The number of carbonyl (C=O) groups excluding carboxylic acids is 2. The first-order valence-electron chi connectivity index (χ1n) is 7.58. The highest BCUT2D eigenvalue weighted by Gasteiger charge is 2.11. The van der Waals surface area contributed by atoms with Crippen LogP contribution in [0.5, 0.6) is 5.75 Å². The fraction of sp³-hybridized carbons (Fsp3) is 0.500. The van der Waals surface area contributed by atoms with E-state index >= 15 is 0 Å². The zero-order valence-corrected chi connectivity index (χ0v) is 14.4. The lowest BCUT2D eigenvalue weighted by Gasteiger charge is -2.12. The summed E-state index contributed by atoms with van der Waals surface area (Å²) in [4.78, 5) is 23.7. The monoisotopic (exact) mass is 343 g/mol. The Bertz CT molecular complexity index is 497. The van der Waals surface area contributed by atoms with E-state index in [1.54, 1.807) is 18.2 Å². The minimum absolute atomic E-state index is 0. The molecule has 0 fully saturated rings. The summed E-state index contributed by atoms with van der Waals surface area (Å²) in [5, 5.41) is 5.58. The first-order chi connectivity index (χ1) is 10.6. The molecule has 23 heavy (non-hydrogen) atoms. The number of benzene rings is 1. The second-order valence-corrected chi connectivity index (χ2v) is 4.99. The van der Waals surface area contributed by atoms with Crippen molar-refractivity contribution in [2.45, 2.75) is 32.7 Å². The number of hydrogen-bond donors (Lipinski definition) is 3. The Kier molecular flexibility index (Phi) is 10.8. The number of hydrogen-bond acceptors (Lipinski definition) is 4. The van der Waals surface area contributed by atoms with Crippen LogP contribution in [-0.2, 0) is 4.79 Å². The second-order valence-electron chi connectivity index (χ2n) is 4.99. The maximum absolute atomic E-state index is 12.1. The van der Waals surface area contributed by atoms with Crippen LogP contribution >= 0.6 is 12.4 Å². The van der Waals surface area contributed by atoms with Crippen LogP contribution in [-0.4, -0.2) is 37.6 Å². The molecule has 0 aliphatic rings. The maximum atomic E-state index is 12.1. The van der Waals surface area contributed by atoms with Gasteiger partial charge in [0.05, 0.1) is 12.2 Å². The van der Waals surface area contributed by atoms with Crippen LogP contribution in [0, 0.1) is 0 Å². The predicted molar refractivity (Wildman–Crippen MR) is 93.1 cm³/mol. The van der Waals surface area contributed by atoms with Crippen molar-refractivity contribution < 1.29 is 14.3 Å². The Balaban J connectivity index is 0.00000484. The van der Waals surface area contributed by atoms with Crippen molar-refractivity contribution in [3.8, 4) is 5.75 Å². The Morgan fingerprint density at radius 2 is 2.00 bits per heavy atom. The molecule has 6 nitrogen and oxygen atoms in total. The van der Waals surface area contributed by atoms with E-state index in [-0.39, 0.29) is 30.3 Å². The zero-order valence-electron chi connectivity index (χ0n) is 13.6. The van der Waals surface area contributed by atoms with E-state index in [1.165, 1.54) is 0 Å². The lowest BCUT2D eigenvalue weighted by atomic mass is 10.2. The molecule has 0 radical (unpaired) electrons. The molecule has 0 saturated heterocycles. The number of para-hydroxylation sites is 1. The standard InChI is InChI=1S/C16H25N3O3.ClH/c1-3-22-14-8-5-4-7-13(14)16(21)18-10-6-9-15(20)19-12(2)11-17;/h4-5,7-8,12H,3,6,9-11,17H2,1-2H3,(H,18,21)(H,19,20);1H/t12-;/m0./s1. The Hall–Kier alpha value is -1.79. The van der Waals surface area contributed by atoms with Crippen molar-refractivity contribution in [3.05, 3.63) is 29.8 Å². The molecule has 0 aliphatic carbocycles. The van der Waals surface area contributed by atoms with Gasteiger partial charge in [-0.25, -0.2) is 0 Å². The van der Waals surface area contributed by atoms with Gasteiger partial charge in [0, 0.05) is 25.6 Å². The van der Waals surface area contributed by atoms with Crippen molar-refractivity contribution in [3.63, 3.8) is 0 Å². The molecule has 1 atom stereocenters. The van der Waals surface area contributed by atoms with Gasteiger partial charge in [0.2, 0.25) is 5.91 Å². The molecule has 4 N–H and O–H groups in total. The van der Waals surface area contributed by atoms with Crippen LogP contribution in [0.2, 0.25) is 0 Å². The fourth-order valence-electron chi connectivity index (χ4n) is 1.89. The van der Waals surface area contributed by atoms with E-state index in [4.69, 9.17) is 10.5 Å². The van der Waals surface area contributed by atoms with Gasteiger partial charge in [-0.15, -0.1) is 12.4 Å². The third-order valence-electron chi connectivity index (χ3n) is 3.06. The number of rotatable bonds is 9. The average Bonchev–Trinajstić information content (AvgIpc) is 2.52. The van der Waals surface area contributed by atoms with E-state index in [0.717, 1.165) is 0 Å². The Labute approximate surface area is 143 Å². The average molecular weight is 344 g/mol. The highest BCUT2D eigenvalue weighted by Crippen LogP contribution is 2.17. The van der Waals surface area contributed by atoms with Gasteiger partial charge in [-0.05, 0) is 32.4 Å². The normalized spacial score (nSPS) is 11.1. The molecule has 0 heterocycles. The molecule has 0 unspecified atom stereocenters. The SMILES string of the molecule is CCOc1ccccc1C(=O)NCCCC(=O)N[C@@H](C)CN.Cl. The Morgan fingerprint density at radius 3 is 2.65 bits per heavy atom. The van der Waals surface area contributed by atoms with Gasteiger partial charge in [0.25, 0.3) is 5.91 Å². The smallest absolute Gasteiger partial charge is 0.255 e.